The summed E-state index contributed by atoms with van der Waals surface area (Å²) in [6, 6.07) is 6.16. The first-order valence-corrected chi connectivity index (χ1v) is 7.93. The van der Waals surface area contributed by atoms with Gasteiger partial charge in [-0.2, -0.15) is 0 Å². The van der Waals surface area contributed by atoms with Gasteiger partial charge in [-0.1, -0.05) is 12.8 Å². The molecule has 1 aliphatic carbocycles. The molecule has 0 amide bonds. The molecule has 1 aliphatic rings. The first-order chi connectivity index (χ1) is 10.7. The second kappa shape index (κ2) is 8.98. The number of aliphatic hydroxyl groups is 1. The Morgan fingerprint density at radius 2 is 2.00 bits per heavy atom. The molecular formula is C17H27NO4. The Kier molecular flexibility index (Phi) is 6.96. The molecule has 0 saturated heterocycles. The highest BCUT2D eigenvalue weighted by molar-refractivity contribution is 5.39. The van der Waals surface area contributed by atoms with E-state index in [-0.39, 0.29) is 0 Å². The number of ether oxygens (including phenoxy) is 3. The van der Waals surface area contributed by atoms with Gasteiger partial charge in [-0.15, -0.1) is 0 Å². The van der Waals surface area contributed by atoms with Crippen LogP contribution in [0, 0.1) is 0 Å². The second-order valence-corrected chi connectivity index (χ2v) is 5.74. The van der Waals surface area contributed by atoms with Crippen LogP contribution in [0.15, 0.2) is 18.2 Å². The minimum atomic E-state index is -0.489. The summed E-state index contributed by atoms with van der Waals surface area (Å²) in [5.74, 6) is 1.53. The maximum Gasteiger partial charge on any atom is 0.124 e. The first kappa shape index (κ1) is 17.1. The number of nitrogens with one attached hydrogen (secondary N) is 1. The van der Waals surface area contributed by atoms with E-state index in [4.69, 9.17) is 14.2 Å². The third-order valence-corrected chi connectivity index (χ3v) is 4.05. The molecule has 1 saturated carbocycles. The second-order valence-electron chi connectivity index (χ2n) is 5.74. The lowest BCUT2D eigenvalue weighted by Crippen LogP contribution is -2.36. The molecule has 5 nitrogen and oxygen atoms in total. The minimum Gasteiger partial charge on any atom is -0.497 e. The van der Waals surface area contributed by atoms with Gasteiger partial charge in [0.05, 0.1) is 33.5 Å². The van der Waals surface area contributed by atoms with Crippen molar-refractivity contribution in [2.24, 2.45) is 0 Å². The Hall–Kier alpha value is -1.30. The molecule has 0 heterocycles. The van der Waals surface area contributed by atoms with E-state index in [1.54, 1.807) is 14.2 Å². The van der Waals surface area contributed by atoms with Crippen molar-refractivity contribution in [3.63, 3.8) is 0 Å². The van der Waals surface area contributed by atoms with Crippen LogP contribution >= 0.6 is 0 Å². The largest absolute Gasteiger partial charge is 0.497 e. The molecule has 124 valence electrons. The van der Waals surface area contributed by atoms with Gasteiger partial charge in [0, 0.05) is 18.2 Å². The van der Waals surface area contributed by atoms with Gasteiger partial charge in [-0.25, -0.2) is 0 Å². The van der Waals surface area contributed by atoms with Crippen LogP contribution in [0.3, 0.4) is 0 Å². The minimum absolute atomic E-state index is 0.306. The van der Waals surface area contributed by atoms with E-state index in [0.29, 0.717) is 25.8 Å². The SMILES string of the molecule is COc1ccc(OC)c(COC[C@H](O)CNC2CCCC2)c1. The van der Waals surface area contributed by atoms with Gasteiger partial charge >= 0.3 is 0 Å². The fourth-order valence-electron chi connectivity index (χ4n) is 2.79. The number of hydrogen-bond donors (Lipinski definition) is 2. The Morgan fingerprint density at radius 3 is 2.68 bits per heavy atom. The summed E-state index contributed by atoms with van der Waals surface area (Å²) in [4.78, 5) is 0. The van der Waals surface area contributed by atoms with Crippen LogP contribution in [0.1, 0.15) is 31.2 Å². The van der Waals surface area contributed by atoms with Crippen molar-refractivity contribution in [1.29, 1.82) is 0 Å². The molecule has 1 fully saturated rings. The zero-order chi connectivity index (χ0) is 15.8. The molecular weight excluding hydrogens is 282 g/mol. The van der Waals surface area contributed by atoms with Gasteiger partial charge < -0.3 is 24.6 Å². The summed E-state index contributed by atoms with van der Waals surface area (Å²) in [6.45, 7) is 1.28. The van der Waals surface area contributed by atoms with Crippen LogP contribution in [0.4, 0.5) is 0 Å². The van der Waals surface area contributed by atoms with Crippen molar-refractivity contribution in [3.05, 3.63) is 23.8 Å². The van der Waals surface area contributed by atoms with Crippen LogP contribution in [-0.2, 0) is 11.3 Å². The highest BCUT2D eigenvalue weighted by atomic mass is 16.5. The molecule has 0 bridgehead atoms. The molecule has 0 aliphatic heterocycles. The summed E-state index contributed by atoms with van der Waals surface area (Å²) < 4.78 is 16.1. The summed E-state index contributed by atoms with van der Waals surface area (Å²) in [5.41, 5.74) is 0.915. The average Bonchev–Trinajstić information content (AvgIpc) is 3.06. The molecule has 2 rings (SSSR count). The van der Waals surface area contributed by atoms with Crippen LogP contribution in [-0.4, -0.2) is 44.6 Å². The number of benzene rings is 1. The van der Waals surface area contributed by atoms with Crippen molar-refractivity contribution in [2.75, 3.05) is 27.4 Å². The molecule has 22 heavy (non-hydrogen) atoms. The topological polar surface area (TPSA) is 60.0 Å². The lowest BCUT2D eigenvalue weighted by atomic mass is 10.2. The standard InChI is InChI=1S/C17H27NO4/c1-20-16-7-8-17(21-2)13(9-16)11-22-12-15(19)10-18-14-5-3-4-6-14/h7-9,14-15,18-19H,3-6,10-12H2,1-2H3/t15-/m1/s1. The number of rotatable bonds is 9. The van der Waals surface area contributed by atoms with Gasteiger partial charge in [0.1, 0.15) is 11.5 Å². The number of hydrogen-bond acceptors (Lipinski definition) is 5. The number of aliphatic hydroxyl groups excluding tert-OH is 1. The predicted molar refractivity (Wildman–Crippen MR) is 85.5 cm³/mol. The van der Waals surface area contributed by atoms with E-state index >= 15 is 0 Å². The molecule has 1 aromatic rings. The monoisotopic (exact) mass is 309 g/mol. The van der Waals surface area contributed by atoms with Crippen LogP contribution in [0.25, 0.3) is 0 Å². The van der Waals surface area contributed by atoms with Crippen molar-refractivity contribution in [2.45, 2.75) is 44.4 Å². The summed E-state index contributed by atoms with van der Waals surface area (Å²) in [6.07, 6.45) is 4.53. The quantitative estimate of drug-likeness (QED) is 0.731. The Labute approximate surface area is 132 Å². The maximum absolute atomic E-state index is 9.97. The Bertz CT molecular complexity index is 446. The van der Waals surface area contributed by atoms with Crippen molar-refractivity contribution in [3.8, 4) is 11.5 Å². The van der Waals surface area contributed by atoms with E-state index in [9.17, 15) is 5.11 Å². The van der Waals surface area contributed by atoms with Gasteiger partial charge in [0.2, 0.25) is 0 Å². The van der Waals surface area contributed by atoms with Crippen molar-refractivity contribution >= 4 is 0 Å². The fraction of sp³-hybridized carbons (Fsp3) is 0.647. The molecule has 0 spiro atoms. The molecule has 5 heteroatoms. The van der Waals surface area contributed by atoms with Crippen LogP contribution in [0.2, 0.25) is 0 Å². The van der Waals surface area contributed by atoms with Crippen LogP contribution < -0.4 is 14.8 Å². The van der Waals surface area contributed by atoms with E-state index in [1.165, 1.54) is 25.7 Å². The maximum atomic E-state index is 9.97. The Balaban J connectivity index is 1.72. The lowest BCUT2D eigenvalue weighted by Gasteiger charge is -2.17. The van der Waals surface area contributed by atoms with Gasteiger partial charge in [0.15, 0.2) is 0 Å². The van der Waals surface area contributed by atoms with E-state index in [2.05, 4.69) is 5.32 Å². The number of methoxy groups -OCH3 is 2. The van der Waals surface area contributed by atoms with Gasteiger partial charge in [-0.05, 0) is 31.0 Å². The normalized spacial score (nSPS) is 16.7. The molecule has 1 aromatic carbocycles. The smallest absolute Gasteiger partial charge is 0.124 e. The van der Waals surface area contributed by atoms with Crippen molar-refractivity contribution in [1.82, 2.24) is 5.32 Å². The average molecular weight is 309 g/mol. The fourth-order valence-corrected chi connectivity index (χ4v) is 2.79. The van der Waals surface area contributed by atoms with E-state index in [0.717, 1.165) is 17.1 Å². The zero-order valence-corrected chi connectivity index (χ0v) is 13.5. The highest BCUT2D eigenvalue weighted by Crippen LogP contribution is 2.24. The first-order valence-electron chi connectivity index (χ1n) is 7.93. The lowest BCUT2D eigenvalue weighted by molar-refractivity contribution is 0.0270. The molecule has 1 atom stereocenters. The molecule has 0 aromatic heterocycles. The van der Waals surface area contributed by atoms with Gasteiger partial charge in [0.25, 0.3) is 0 Å². The third kappa shape index (κ3) is 5.16. The zero-order valence-electron chi connectivity index (χ0n) is 13.5. The van der Waals surface area contributed by atoms with E-state index < -0.39 is 6.10 Å². The summed E-state index contributed by atoms with van der Waals surface area (Å²) in [7, 11) is 3.26. The predicted octanol–water partition coefficient (Wildman–Crippen LogP) is 2.11. The summed E-state index contributed by atoms with van der Waals surface area (Å²) >= 11 is 0. The summed E-state index contributed by atoms with van der Waals surface area (Å²) in [5, 5.41) is 13.4. The molecule has 0 radical (unpaired) electrons. The van der Waals surface area contributed by atoms with E-state index in [1.807, 2.05) is 18.2 Å². The molecule has 0 unspecified atom stereocenters. The highest BCUT2D eigenvalue weighted by Gasteiger charge is 2.15. The van der Waals surface area contributed by atoms with Gasteiger partial charge in [-0.3, -0.25) is 0 Å². The third-order valence-electron chi connectivity index (χ3n) is 4.05. The molecule has 2 N–H and O–H groups in total. The van der Waals surface area contributed by atoms with Crippen molar-refractivity contribution < 1.29 is 19.3 Å². The van der Waals surface area contributed by atoms with Crippen LogP contribution in [0.5, 0.6) is 11.5 Å². The Morgan fingerprint density at radius 1 is 1.23 bits per heavy atom.